The molecule has 4 nitrogen and oxygen atoms in total. The number of nitrogens with zero attached hydrogens (tertiary/aromatic N) is 1. The molecule has 1 amide bonds. The molecule has 0 radical (unpaired) electrons. The van der Waals surface area contributed by atoms with E-state index >= 15 is 0 Å². The Labute approximate surface area is 97.7 Å². The average Bonchev–Trinajstić information content (AvgIpc) is 2.31. The first-order valence-corrected chi connectivity index (χ1v) is 5.31. The Hall–Kier alpha value is -1.56. The molecule has 0 aromatic carbocycles. The summed E-state index contributed by atoms with van der Waals surface area (Å²) in [6, 6.07) is 0.850. The van der Waals surface area contributed by atoms with E-state index in [0.29, 0.717) is 12.8 Å². The molecule has 0 saturated carbocycles. The van der Waals surface area contributed by atoms with E-state index in [1.54, 1.807) is 0 Å². The van der Waals surface area contributed by atoms with E-state index in [9.17, 15) is 13.6 Å². The van der Waals surface area contributed by atoms with Gasteiger partial charge in [0.2, 0.25) is 5.95 Å². The zero-order chi connectivity index (χ0) is 12.8. The van der Waals surface area contributed by atoms with Crippen molar-refractivity contribution in [2.75, 3.05) is 6.61 Å². The van der Waals surface area contributed by atoms with Crippen molar-refractivity contribution in [2.24, 2.45) is 0 Å². The summed E-state index contributed by atoms with van der Waals surface area (Å²) < 4.78 is 26.0. The van der Waals surface area contributed by atoms with Crippen molar-refractivity contribution in [2.45, 2.75) is 25.8 Å². The molecule has 1 rings (SSSR count). The number of carbonyl (C=O) groups excluding carboxylic acids is 1. The number of nitrogens with one attached hydrogen (secondary N) is 1. The first-order chi connectivity index (χ1) is 8.10. The van der Waals surface area contributed by atoms with E-state index in [4.69, 9.17) is 5.11 Å². The van der Waals surface area contributed by atoms with E-state index in [2.05, 4.69) is 10.3 Å². The molecule has 1 atom stereocenters. The molecule has 0 saturated heterocycles. The minimum absolute atomic E-state index is 0.0774. The summed E-state index contributed by atoms with van der Waals surface area (Å²) in [6.07, 6.45) is 2.00. The number of carbonyl (C=O) groups is 1. The van der Waals surface area contributed by atoms with Gasteiger partial charge in [-0.25, -0.2) is 9.37 Å². The standard InChI is InChI=1S/C11H14F2N2O2/c1-2-7(4-6-16)15-11(17)8-3-5-14-10(13)9(8)12/h3,5,7,16H,2,4,6H2,1H3,(H,15,17). The van der Waals surface area contributed by atoms with E-state index in [1.165, 1.54) is 0 Å². The Balaban J connectivity index is 2.79. The first kappa shape index (κ1) is 13.5. The smallest absolute Gasteiger partial charge is 0.254 e. The molecule has 2 N–H and O–H groups in total. The number of aliphatic hydroxyl groups is 1. The van der Waals surface area contributed by atoms with Gasteiger partial charge < -0.3 is 10.4 Å². The maximum absolute atomic E-state index is 13.2. The molecule has 0 aliphatic carbocycles. The van der Waals surface area contributed by atoms with Crippen molar-refractivity contribution in [3.05, 3.63) is 29.6 Å². The van der Waals surface area contributed by atoms with Gasteiger partial charge in [-0.2, -0.15) is 4.39 Å². The number of aromatic nitrogens is 1. The summed E-state index contributed by atoms with van der Waals surface area (Å²) in [4.78, 5) is 14.7. The lowest BCUT2D eigenvalue weighted by atomic mass is 10.1. The van der Waals surface area contributed by atoms with Crippen LogP contribution < -0.4 is 5.32 Å². The summed E-state index contributed by atoms with van der Waals surface area (Å²) in [5.74, 6) is -3.26. The van der Waals surface area contributed by atoms with Crippen LogP contribution in [0.1, 0.15) is 30.1 Å². The van der Waals surface area contributed by atoms with E-state index in [0.717, 1.165) is 12.3 Å². The first-order valence-electron chi connectivity index (χ1n) is 5.31. The third-order valence-electron chi connectivity index (χ3n) is 2.40. The average molecular weight is 244 g/mol. The third kappa shape index (κ3) is 3.45. The second-order valence-corrected chi connectivity index (χ2v) is 3.55. The lowest BCUT2D eigenvalue weighted by molar-refractivity contribution is 0.0923. The maximum Gasteiger partial charge on any atom is 0.254 e. The summed E-state index contributed by atoms with van der Waals surface area (Å²) in [7, 11) is 0. The SMILES string of the molecule is CCC(CCO)NC(=O)c1ccnc(F)c1F. The second-order valence-electron chi connectivity index (χ2n) is 3.55. The van der Waals surface area contributed by atoms with Crippen molar-refractivity contribution in [3.63, 3.8) is 0 Å². The Kier molecular flexibility index (Phi) is 4.96. The van der Waals surface area contributed by atoms with Gasteiger partial charge in [0, 0.05) is 18.8 Å². The summed E-state index contributed by atoms with van der Waals surface area (Å²) >= 11 is 0. The molecule has 0 bridgehead atoms. The molecular weight excluding hydrogens is 230 g/mol. The van der Waals surface area contributed by atoms with Crippen LogP contribution in [0.4, 0.5) is 8.78 Å². The molecule has 0 spiro atoms. The van der Waals surface area contributed by atoms with Crippen molar-refractivity contribution >= 4 is 5.91 Å². The topological polar surface area (TPSA) is 62.2 Å². The Morgan fingerprint density at radius 2 is 2.29 bits per heavy atom. The van der Waals surface area contributed by atoms with Crippen LogP contribution in [0.15, 0.2) is 12.3 Å². The molecule has 1 heterocycles. The third-order valence-corrected chi connectivity index (χ3v) is 2.40. The van der Waals surface area contributed by atoms with Gasteiger partial charge in [0.05, 0.1) is 5.56 Å². The quantitative estimate of drug-likeness (QED) is 0.766. The number of hydrogen-bond donors (Lipinski definition) is 2. The van der Waals surface area contributed by atoms with Gasteiger partial charge in [-0.3, -0.25) is 4.79 Å². The lowest BCUT2D eigenvalue weighted by Gasteiger charge is -2.15. The molecule has 0 aliphatic rings. The largest absolute Gasteiger partial charge is 0.396 e. The highest BCUT2D eigenvalue weighted by molar-refractivity contribution is 5.94. The van der Waals surface area contributed by atoms with Crippen LogP contribution >= 0.6 is 0 Å². The highest BCUT2D eigenvalue weighted by Gasteiger charge is 2.18. The molecule has 6 heteroatoms. The van der Waals surface area contributed by atoms with E-state index in [-0.39, 0.29) is 18.2 Å². The number of amides is 1. The fourth-order valence-corrected chi connectivity index (χ4v) is 1.39. The molecule has 1 aromatic heterocycles. The van der Waals surface area contributed by atoms with Gasteiger partial charge in [-0.15, -0.1) is 0 Å². The molecule has 1 aromatic rings. The lowest BCUT2D eigenvalue weighted by Crippen LogP contribution is -2.35. The predicted molar refractivity (Wildman–Crippen MR) is 57.4 cm³/mol. The molecular formula is C11H14F2N2O2. The van der Waals surface area contributed by atoms with E-state index in [1.807, 2.05) is 6.92 Å². The predicted octanol–water partition coefficient (Wildman–Crippen LogP) is 1.25. The Bertz CT molecular complexity index is 399. The highest BCUT2D eigenvalue weighted by Crippen LogP contribution is 2.09. The molecule has 17 heavy (non-hydrogen) atoms. The van der Waals surface area contributed by atoms with Gasteiger partial charge in [0.25, 0.3) is 5.91 Å². The number of aliphatic hydroxyl groups excluding tert-OH is 1. The van der Waals surface area contributed by atoms with Crippen molar-refractivity contribution in [1.82, 2.24) is 10.3 Å². The molecule has 0 aliphatic heterocycles. The molecule has 1 unspecified atom stereocenters. The fraction of sp³-hybridized carbons (Fsp3) is 0.455. The van der Waals surface area contributed by atoms with Gasteiger partial charge in [-0.05, 0) is 18.9 Å². The second kappa shape index (κ2) is 6.24. The van der Waals surface area contributed by atoms with Gasteiger partial charge >= 0.3 is 0 Å². The van der Waals surface area contributed by atoms with Gasteiger partial charge in [-0.1, -0.05) is 6.92 Å². The van der Waals surface area contributed by atoms with E-state index < -0.39 is 17.7 Å². The van der Waals surface area contributed by atoms with Crippen LogP contribution in [0.3, 0.4) is 0 Å². The fourth-order valence-electron chi connectivity index (χ4n) is 1.39. The zero-order valence-corrected chi connectivity index (χ0v) is 9.41. The summed E-state index contributed by atoms with van der Waals surface area (Å²) in [5, 5.41) is 11.3. The number of halogens is 2. The van der Waals surface area contributed by atoms with Crippen LogP contribution in [0.5, 0.6) is 0 Å². The highest BCUT2D eigenvalue weighted by atomic mass is 19.2. The minimum Gasteiger partial charge on any atom is -0.396 e. The Morgan fingerprint density at radius 1 is 1.59 bits per heavy atom. The summed E-state index contributed by atoms with van der Waals surface area (Å²) in [5.41, 5.74) is -0.381. The molecule has 94 valence electrons. The maximum atomic E-state index is 13.2. The zero-order valence-electron chi connectivity index (χ0n) is 9.41. The number of pyridine rings is 1. The Morgan fingerprint density at radius 3 is 2.88 bits per heavy atom. The normalized spacial score (nSPS) is 12.2. The van der Waals surface area contributed by atoms with Crippen LogP contribution in [-0.2, 0) is 0 Å². The monoisotopic (exact) mass is 244 g/mol. The minimum atomic E-state index is -1.30. The van der Waals surface area contributed by atoms with Gasteiger partial charge in [0.15, 0.2) is 5.82 Å². The van der Waals surface area contributed by atoms with Crippen molar-refractivity contribution < 1.29 is 18.7 Å². The number of hydrogen-bond acceptors (Lipinski definition) is 3. The molecule has 0 fully saturated rings. The number of rotatable bonds is 5. The van der Waals surface area contributed by atoms with Crippen molar-refractivity contribution in [1.29, 1.82) is 0 Å². The van der Waals surface area contributed by atoms with Crippen LogP contribution in [0.25, 0.3) is 0 Å². The van der Waals surface area contributed by atoms with Crippen LogP contribution in [0.2, 0.25) is 0 Å². The van der Waals surface area contributed by atoms with Crippen LogP contribution in [-0.4, -0.2) is 28.6 Å². The van der Waals surface area contributed by atoms with Crippen LogP contribution in [0, 0.1) is 11.8 Å². The van der Waals surface area contributed by atoms with Gasteiger partial charge in [0.1, 0.15) is 0 Å². The summed E-state index contributed by atoms with van der Waals surface area (Å²) in [6.45, 7) is 1.75. The van der Waals surface area contributed by atoms with Crippen molar-refractivity contribution in [3.8, 4) is 0 Å².